The van der Waals surface area contributed by atoms with E-state index in [0.717, 1.165) is 4.57 Å². The zero-order valence-corrected chi connectivity index (χ0v) is 12.5. The summed E-state index contributed by atoms with van der Waals surface area (Å²) in [5, 5.41) is 12.4. The van der Waals surface area contributed by atoms with E-state index in [1.54, 1.807) is 0 Å². The van der Waals surface area contributed by atoms with Gasteiger partial charge in [0.15, 0.2) is 0 Å². The molecule has 0 aromatic carbocycles. The molecule has 0 aliphatic rings. The number of alkyl halides is 3. The number of carbonyl (C=O) groups excluding carboxylic acids is 1. The van der Waals surface area contributed by atoms with Gasteiger partial charge in [-0.2, -0.15) is 13.2 Å². The third kappa shape index (κ3) is 3.98. The van der Waals surface area contributed by atoms with Gasteiger partial charge < -0.3 is 20.7 Å². The molecular formula is C13H21F3N4O2. The molecule has 0 spiro atoms. The maximum absolute atomic E-state index is 13.2. The Hall–Kier alpha value is -1.61. The van der Waals surface area contributed by atoms with Gasteiger partial charge >= 0.3 is 6.18 Å². The molecule has 0 radical (unpaired) electrons. The second kappa shape index (κ2) is 7.10. The minimum absolute atomic E-state index is 0.362. The van der Waals surface area contributed by atoms with Gasteiger partial charge in [-0.15, -0.1) is 0 Å². The molecule has 6 nitrogen and oxygen atoms in total. The molecule has 1 amide bonds. The average molecular weight is 322 g/mol. The Morgan fingerprint density at radius 3 is 2.64 bits per heavy atom. The second-order valence-corrected chi connectivity index (χ2v) is 5.16. The molecule has 0 aliphatic heterocycles. The minimum atomic E-state index is -4.91. The molecule has 9 heteroatoms. The Bertz CT molecular complexity index is 504. The van der Waals surface area contributed by atoms with Gasteiger partial charge in [0.25, 0.3) is 0 Å². The summed E-state index contributed by atoms with van der Waals surface area (Å²) in [6.45, 7) is 1.48. The van der Waals surface area contributed by atoms with Gasteiger partial charge in [-0.05, 0) is 6.42 Å². The SMILES string of the molecule is CCCC(N)C(=O)NCCC(O)(c1nccn1C)C(F)(F)F. The number of imidazole rings is 1. The van der Waals surface area contributed by atoms with Crippen molar-refractivity contribution in [3.8, 4) is 0 Å². The van der Waals surface area contributed by atoms with Crippen molar-refractivity contribution in [1.29, 1.82) is 0 Å². The van der Waals surface area contributed by atoms with Crippen molar-refractivity contribution in [1.82, 2.24) is 14.9 Å². The number of hydrogen-bond acceptors (Lipinski definition) is 4. The highest BCUT2D eigenvalue weighted by atomic mass is 19.4. The maximum atomic E-state index is 13.2. The molecule has 1 aromatic rings. The van der Waals surface area contributed by atoms with Gasteiger partial charge in [-0.3, -0.25) is 4.79 Å². The Kier molecular flexibility index (Phi) is 5.95. The molecule has 2 unspecified atom stereocenters. The summed E-state index contributed by atoms with van der Waals surface area (Å²) >= 11 is 0. The van der Waals surface area contributed by atoms with Crippen molar-refractivity contribution in [2.45, 2.75) is 44.0 Å². The molecule has 0 aliphatic carbocycles. The number of aliphatic hydroxyl groups is 1. The van der Waals surface area contributed by atoms with Crippen molar-refractivity contribution in [3.63, 3.8) is 0 Å². The molecule has 1 heterocycles. The first-order chi connectivity index (χ1) is 10.1. The van der Waals surface area contributed by atoms with Crippen molar-refractivity contribution in [3.05, 3.63) is 18.2 Å². The second-order valence-electron chi connectivity index (χ2n) is 5.16. The Morgan fingerprint density at radius 2 is 2.18 bits per heavy atom. The van der Waals surface area contributed by atoms with Crippen molar-refractivity contribution >= 4 is 5.91 Å². The van der Waals surface area contributed by atoms with Crippen LogP contribution in [0.3, 0.4) is 0 Å². The van der Waals surface area contributed by atoms with E-state index in [-0.39, 0.29) is 6.54 Å². The lowest BCUT2D eigenvalue weighted by molar-refractivity contribution is -0.272. The highest BCUT2D eigenvalue weighted by Gasteiger charge is 2.57. The Morgan fingerprint density at radius 1 is 1.55 bits per heavy atom. The number of halogens is 3. The van der Waals surface area contributed by atoms with Gasteiger partial charge in [0.2, 0.25) is 11.5 Å². The van der Waals surface area contributed by atoms with E-state index in [2.05, 4.69) is 10.3 Å². The molecular weight excluding hydrogens is 301 g/mol. The van der Waals surface area contributed by atoms with Crippen LogP contribution in [-0.2, 0) is 17.4 Å². The lowest BCUT2D eigenvalue weighted by Gasteiger charge is -2.30. The molecule has 126 valence electrons. The first kappa shape index (κ1) is 18.4. The summed E-state index contributed by atoms with van der Waals surface area (Å²) in [5.41, 5.74) is 2.44. The third-order valence-corrected chi connectivity index (χ3v) is 3.38. The van der Waals surface area contributed by atoms with Crippen LogP contribution in [0.5, 0.6) is 0 Å². The lowest BCUT2D eigenvalue weighted by Crippen LogP contribution is -2.48. The first-order valence-electron chi connectivity index (χ1n) is 6.93. The van der Waals surface area contributed by atoms with E-state index in [9.17, 15) is 23.1 Å². The molecule has 2 atom stereocenters. The number of hydrogen-bond donors (Lipinski definition) is 3. The average Bonchev–Trinajstić information content (AvgIpc) is 2.84. The predicted octanol–water partition coefficient (Wildman–Crippen LogP) is 0.804. The number of nitrogens with zero attached hydrogens (tertiary/aromatic N) is 2. The van der Waals surface area contributed by atoms with Crippen LogP contribution in [-0.4, -0.2) is 39.3 Å². The van der Waals surface area contributed by atoms with Crippen molar-refractivity contribution in [2.75, 3.05) is 6.54 Å². The maximum Gasteiger partial charge on any atom is 0.424 e. The van der Waals surface area contributed by atoms with E-state index >= 15 is 0 Å². The largest absolute Gasteiger partial charge is 0.424 e. The van der Waals surface area contributed by atoms with Crippen LogP contribution in [0.2, 0.25) is 0 Å². The number of aromatic nitrogens is 2. The Labute approximate surface area is 126 Å². The Balaban J connectivity index is 2.77. The van der Waals surface area contributed by atoms with Crippen molar-refractivity contribution in [2.24, 2.45) is 12.8 Å². The molecule has 22 heavy (non-hydrogen) atoms. The highest BCUT2D eigenvalue weighted by molar-refractivity contribution is 5.81. The van der Waals surface area contributed by atoms with Gasteiger partial charge in [0, 0.05) is 32.4 Å². The van der Waals surface area contributed by atoms with E-state index < -0.39 is 36.0 Å². The summed E-state index contributed by atoms with van der Waals surface area (Å²) in [5.74, 6) is -1.06. The molecule has 0 fully saturated rings. The number of nitrogens with one attached hydrogen (secondary N) is 1. The smallest absolute Gasteiger partial charge is 0.374 e. The van der Waals surface area contributed by atoms with Crippen LogP contribution in [0.25, 0.3) is 0 Å². The summed E-state index contributed by atoms with van der Waals surface area (Å²) in [4.78, 5) is 15.2. The summed E-state index contributed by atoms with van der Waals surface area (Å²) in [7, 11) is 1.36. The molecule has 0 saturated carbocycles. The normalized spacial score (nSPS) is 16.1. The molecule has 0 bridgehead atoms. The fraction of sp³-hybridized carbons (Fsp3) is 0.692. The van der Waals surface area contributed by atoms with Crippen LogP contribution in [0.4, 0.5) is 13.2 Å². The van der Waals surface area contributed by atoms with Crippen LogP contribution in [0.1, 0.15) is 32.0 Å². The minimum Gasteiger partial charge on any atom is -0.374 e. The third-order valence-electron chi connectivity index (χ3n) is 3.38. The monoisotopic (exact) mass is 322 g/mol. The van der Waals surface area contributed by atoms with Crippen LogP contribution < -0.4 is 11.1 Å². The number of rotatable bonds is 7. The fourth-order valence-electron chi connectivity index (χ4n) is 2.08. The van der Waals surface area contributed by atoms with E-state index in [4.69, 9.17) is 5.73 Å². The van der Waals surface area contributed by atoms with E-state index in [0.29, 0.717) is 12.8 Å². The standard InChI is InChI=1S/C13H21F3N4O2/c1-3-4-9(17)10(21)18-6-5-12(22,13(14,15)16)11-19-7-8-20(11)2/h7-9,22H,3-6,17H2,1-2H3,(H,18,21). The molecule has 4 N–H and O–H groups in total. The van der Waals surface area contributed by atoms with Crippen LogP contribution in [0.15, 0.2) is 12.4 Å². The molecule has 1 aromatic heterocycles. The highest BCUT2D eigenvalue weighted by Crippen LogP contribution is 2.40. The summed E-state index contributed by atoms with van der Waals surface area (Å²) < 4.78 is 40.7. The number of nitrogens with two attached hydrogens (primary N) is 1. The summed E-state index contributed by atoms with van der Waals surface area (Å²) in [6, 6.07) is -0.767. The van der Waals surface area contributed by atoms with Crippen LogP contribution >= 0.6 is 0 Å². The van der Waals surface area contributed by atoms with E-state index in [1.807, 2.05) is 6.92 Å². The van der Waals surface area contributed by atoms with Gasteiger partial charge in [0.05, 0.1) is 6.04 Å². The van der Waals surface area contributed by atoms with Crippen molar-refractivity contribution < 1.29 is 23.1 Å². The van der Waals surface area contributed by atoms with Gasteiger partial charge in [0.1, 0.15) is 5.82 Å². The number of amides is 1. The molecule has 1 rings (SSSR count). The number of aryl methyl sites for hydroxylation is 1. The lowest BCUT2D eigenvalue weighted by atomic mass is 9.97. The first-order valence-corrected chi connectivity index (χ1v) is 6.93. The van der Waals surface area contributed by atoms with E-state index in [1.165, 1.54) is 19.4 Å². The van der Waals surface area contributed by atoms with Gasteiger partial charge in [-0.1, -0.05) is 13.3 Å². The van der Waals surface area contributed by atoms with Gasteiger partial charge in [-0.25, -0.2) is 4.98 Å². The fourth-order valence-corrected chi connectivity index (χ4v) is 2.08. The predicted molar refractivity (Wildman–Crippen MR) is 73.7 cm³/mol. The molecule has 0 saturated heterocycles. The number of carbonyl (C=O) groups is 1. The topological polar surface area (TPSA) is 93.2 Å². The summed E-state index contributed by atoms with van der Waals surface area (Å²) in [6.07, 6.45) is -2.05. The zero-order chi connectivity index (χ0) is 17.0. The zero-order valence-electron chi connectivity index (χ0n) is 12.5. The quantitative estimate of drug-likeness (QED) is 0.692. The van der Waals surface area contributed by atoms with Crippen LogP contribution in [0, 0.1) is 0 Å².